The van der Waals surface area contributed by atoms with Crippen molar-refractivity contribution < 1.29 is 9.53 Å². The van der Waals surface area contributed by atoms with Crippen molar-refractivity contribution in [3.05, 3.63) is 42.6 Å². The topological polar surface area (TPSA) is 81.1 Å². The number of ether oxygens (including phenoxy) is 1. The average molecular weight is 289 g/mol. The number of imidazole rings is 1. The quantitative estimate of drug-likeness (QED) is 0.680. The highest BCUT2D eigenvalue weighted by atomic mass is 16.5. The highest BCUT2D eigenvalue weighted by Gasteiger charge is 2.05. The van der Waals surface area contributed by atoms with E-state index in [0.717, 1.165) is 12.4 Å². The second-order valence-corrected chi connectivity index (χ2v) is 4.37. The van der Waals surface area contributed by atoms with Crippen molar-refractivity contribution in [3.63, 3.8) is 0 Å². The molecule has 0 aliphatic rings. The summed E-state index contributed by atoms with van der Waals surface area (Å²) < 4.78 is 6.70. The molecule has 2 aromatic rings. The fourth-order valence-corrected chi connectivity index (χ4v) is 1.73. The van der Waals surface area contributed by atoms with Gasteiger partial charge in [0.1, 0.15) is 12.1 Å². The standard InChI is InChI=1S/C14H19N5O2/c1-21-9-7-15-4-5-17-14(20)12-2-3-13(18-10-12)19-8-6-16-11-19/h2-3,6,8,10-11,15H,4-5,7,9H2,1H3,(H,17,20). The van der Waals surface area contributed by atoms with Gasteiger partial charge in [0.05, 0.1) is 12.2 Å². The zero-order chi connectivity index (χ0) is 14.9. The Labute approximate surface area is 123 Å². The Bertz CT molecular complexity index is 539. The molecule has 0 saturated heterocycles. The third-order valence-corrected chi connectivity index (χ3v) is 2.85. The van der Waals surface area contributed by atoms with E-state index in [4.69, 9.17) is 4.74 Å². The van der Waals surface area contributed by atoms with Crippen LogP contribution in [-0.2, 0) is 4.74 Å². The second kappa shape index (κ2) is 8.13. The highest BCUT2D eigenvalue weighted by molar-refractivity contribution is 5.93. The van der Waals surface area contributed by atoms with Crippen molar-refractivity contribution in [3.8, 4) is 5.82 Å². The van der Waals surface area contributed by atoms with Crippen LogP contribution in [0.3, 0.4) is 0 Å². The maximum absolute atomic E-state index is 11.9. The number of hydrogen-bond acceptors (Lipinski definition) is 5. The van der Waals surface area contributed by atoms with E-state index in [1.165, 1.54) is 0 Å². The summed E-state index contributed by atoms with van der Waals surface area (Å²) in [5.41, 5.74) is 0.538. The number of aromatic nitrogens is 3. The van der Waals surface area contributed by atoms with Gasteiger partial charge in [0, 0.05) is 45.3 Å². The van der Waals surface area contributed by atoms with Crippen LogP contribution < -0.4 is 10.6 Å². The molecule has 7 heteroatoms. The summed E-state index contributed by atoms with van der Waals surface area (Å²) in [7, 11) is 1.66. The highest BCUT2D eigenvalue weighted by Crippen LogP contribution is 2.05. The number of nitrogens with one attached hydrogen (secondary N) is 2. The van der Waals surface area contributed by atoms with Crippen molar-refractivity contribution in [2.45, 2.75) is 0 Å². The first-order valence-corrected chi connectivity index (χ1v) is 6.73. The van der Waals surface area contributed by atoms with Crippen molar-refractivity contribution in [1.82, 2.24) is 25.2 Å². The molecule has 1 amide bonds. The number of hydrogen-bond donors (Lipinski definition) is 2. The average Bonchev–Trinajstić information content (AvgIpc) is 3.05. The molecular weight excluding hydrogens is 270 g/mol. The molecule has 0 saturated carbocycles. The predicted molar refractivity (Wildman–Crippen MR) is 78.4 cm³/mol. The van der Waals surface area contributed by atoms with Gasteiger partial charge in [0.25, 0.3) is 5.91 Å². The van der Waals surface area contributed by atoms with Crippen LogP contribution in [-0.4, -0.2) is 53.8 Å². The normalized spacial score (nSPS) is 10.5. The van der Waals surface area contributed by atoms with Crippen LogP contribution in [0.1, 0.15) is 10.4 Å². The van der Waals surface area contributed by atoms with Gasteiger partial charge >= 0.3 is 0 Å². The number of nitrogens with zero attached hydrogens (tertiary/aromatic N) is 3. The van der Waals surface area contributed by atoms with Crippen LogP contribution in [0.15, 0.2) is 37.1 Å². The third-order valence-electron chi connectivity index (χ3n) is 2.85. The molecular formula is C14H19N5O2. The van der Waals surface area contributed by atoms with Crippen molar-refractivity contribution in [2.75, 3.05) is 33.4 Å². The molecule has 0 aliphatic carbocycles. The molecule has 0 atom stereocenters. The summed E-state index contributed by atoms with van der Waals surface area (Å²) in [4.78, 5) is 20.1. The number of carbonyl (C=O) groups excluding carboxylic acids is 1. The Morgan fingerprint density at radius 2 is 2.24 bits per heavy atom. The van der Waals surface area contributed by atoms with Crippen LogP contribution in [0.2, 0.25) is 0 Å². The molecule has 0 spiro atoms. The van der Waals surface area contributed by atoms with Gasteiger partial charge in [-0.2, -0.15) is 0 Å². The van der Waals surface area contributed by atoms with E-state index in [2.05, 4.69) is 20.6 Å². The fraction of sp³-hybridized carbons (Fsp3) is 0.357. The largest absolute Gasteiger partial charge is 0.383 e. The van der Waals surface area contributed by atoms with E-state index < -0.39 is 0 Å². The lowest BCUT2D eigenvalue weighted by Crippen LogP contribution is -2.33. The molecule has 7 nitrogen and oxygen atoms in total. The molecule has 2 N–H and O–H groups in total. The molecule has 2 heterocycles. The Kier molecular flexibility index (Phi) is 5.86. The zero-order valence-electron chi connectivity index (χ0n) is 12.0. The van der Waals surface area contributed by atoms with E-state index in [0.29, 0.717) is 25.3 Å². The van der Waals surface area contributed by atoms with Gasteiger partial charge in [-0.3, -0.25) is 9.36 Å². The second-order valence-electron chi connectivity index (χ2n) is 4.37. The van der Waals surface area contributed by atoms with Gasteiger partial charge in [-0.1, -0.05) is 0 Å². The zero-order valence-corrected chi connectivity index (χ0v) is 12.0. The van der Waals surface area contributed by atoms with Crippen LogP contribution in [0.5, 0.6) is 0 Å². The van der Waals surface area contributed by atoms with Crippen LogP contribution >= 0.6 is 0 Å². The Hall–Kier alpha value is -2.25. The lowest BCUT2D eigenvalue weighted by Gasteiger charge is -2.07. The van der Waals surface area contributed by atoms with Crippen LogP contribution in [0.25, 0.3) is 5.82 Å². The number of methoxy groups -OCH3 is 1. The summed E-state index contributed by atoms with van der Waals surface area (Å²) in [6, 6.07) is 3.53. The van der Waals surface area contributed by atoms with Gasteiger partial charge in [-0.05, 0) is 12.1 Å². The molecule has 0 aliphatic heterocycles. The third kappa shape index (κ3) is 4.66. The fourth-order valence-electron chi connectivity index (χ4n) is 1.73. The first-order chi connectivity index (χ1) is 10.3. The first kappa shape index (κ1) is 15.1. The summed E-state index contributed by atoms with van der Waals surface area (Å²) >= 11 is 0. The van der Waals surface area contributed by atoms with Gasteiger partial charge in [0.2, 0.25) is 0 Å². The van der Waals surface area contributed by atoms with Crippen molar-refractivity contribution in [2.24, 2.45) is 0 Å². The minimum atomic E-state index is -0.131. The molecule has 0 unspecified atom stereocenters. The van der Waals surface area contributed by atoms with Gasteiger partial charge < -0.3 is 15.4 Å². The maximum atomic E-state index is 11.9. The first-order valence-electron chi connectivity index (χ1n) is 6.73. The summed E-state index contributed by atoms with van der Waals surface area (Å²) in [5.74, 6) is 0.596. The number of pyridine rings is 1. The van der Waals surface area contributed by atoms with Gasteiger partial charge in [0.15, 0.2) is 0 Å². The lowest BCUT2D eigenvalue weighted by molar-refractivity contribution is 0.0953. The summed E-state index contributed by atoms with van der Waals surface area (Å²) in [5, 5.41) is 5.98. The minimum Gasteiger partial charge on any atom is -0.383 e. The number of rotatable bonds is 8. The predicted octanol–water partition coefficient (Wildman–Crippen LogP) is 0.233. The summed E-state index contributed by atoms with van der Waals surface area (Å²) in [6.45, 7) is 2.70. The molecule has 0 fully saturated rings. The molecule has 21 heavy (non-hydrogen) atoms. The monoisotopic (exact) mass is 289 g/mol. The Balaban J connectivity index is 1.78. The van der Waals surface area contributed by atoms with E-state index in [-0.39, 0.29) is 5.91 Å². The van der Waals surface area contributed by atoms with Gasteiger partial charge in [-0.25, -0.2) is 9.97 Å². The smallest absolute Gasteiger partial charge is 0.252 e. The van der Waals surface area contributed by atoms with E-state index >= 15 is 0 Å². The van der Waals surface area contributed by atoms with E-state index in [9.17, 15) is 4.79 Å². The van der Waals surface area contributed by atoms with E-state index in [1.54, 1.807) is 48.7 Å². The van der Waals surface area contributed by atoms with Crippen molar-refractivity contribution >= 4 is 5.91 Å². The molecule has 112 valence electrons. The SMILES string of the molecule is COCCNCCNC(=O)c1ccc(-n2ccnc2)nc1. The van der Waals surface area contributed by atoms with E-state index in [1.807, 2.05) is 0 Å². The maximum Gasteiger partial charge on any atom is 0.252 e. The number of carbonyl (C=O) groups is 1. The lowest BCUT2D eigenvalue weighted by atomic mass is 10.2. The Morgan fingerprint density at radius 3 is 2.90 bits per heavy atom. The Morgan fingerprint density at radius 1 is 1.33 bits per heavy atom. The molecule has 2 rings (SSSR count). The molecule has 0 bridgehead atoms. The number of amides is 1. The summed E-state index contributed by atoms with van der Waals surface area (Å²) in [6.07, 6.45) is 6.70. The molecule has 2 aromatic heterocycles. The van der Waals surface area contributed by atoms with Crippen LogP contribution in [0.4, 0.5) is 0 Å². The van der Waals surface area contributed by atoms with Crippen LogP contribution in [0, 0.1) is 0 Å². The van der Waals surface area contributed by atoms with Gasteiger partial charge in [-0.15, -0.1) is 0 Å². The molecule has 0 aromatic carbocycles. The van der Waals surface area contributed by atoms with Crippen molar-refractivity contribution in [1.29, 1.82) is 0 Å². The minimum absolute atomic E-state index is 0.131. The molecule has 0 radical (unpaired) electrons.